The van der Waals surface area contributed by atoms with E-state index in [1.165, 1.54) is 5.56 Å². The molecule has 1 saturated heterocycles. The summed E-state index contributed by atoms with van der Waals surface area (Å²) >= 11 is 1.75. The number of carbonyl (C=O) groups is 2. The molecule has 22 heavy (non-hydrogen) atoms. The molecule has 1 fully saturated rings. The summed E-state index contributed by atoms with van der Waals surface area (Å²) in [6.45, 7) is 0.708. The van der Waals surface area contributed by atoms with Crippen LogP contribution in [0.15, 0.2) is 30.3 Å². The Balaban J connectivity index is 1.74. The molecule has 0 aliphatic carbocycles. The van der Waals surface area contributed by atoms with Crippen molar-refractivity contribution in [1.82, 2.24) is 4.90 Å². The Morgan fingerprint density at radius 2 is 2.00 bits per heavy atom. The quantitative estimate of drug-likeness (QED) is 0.784. The molecule has 1 amide bonds. The summed E-state index contributed by atoms with van der Waals surface area (Å²) in [5, 5.41) is 8.96. The van der Waals surface area contributed by atoms with E-state index in [1.807, 2.05) is 18.2 Å². The van der Waals surface area contributed by atoms with Crippen LogP contribution in [0.4, 0.5) is 0 Å². The summed E-state index contributed by atoms with van der Waals surface area (Å²) in [5.74, 6) is 0.978. The summed E-state index contributed by atoms with van der Waals surface area (Å²) in [5.41, 5.74) is 1.27. The average molecular weight is 321 g/mol. The molecule has 1 aromatic rings. The lowest BCUT2D eigenvalue weighted by molar-refractivity contribution is -0.141. The number of rotatable bonds is 7. The monoisotopic (exact) mass is 321 g/mol. The molecule has 0 spiro atoms. The molecule has 1 heterocycles. The van der Waals surface area contributed by atoms with Gasteiger partial charge in [-0.25, -0.2) is 0 Å². The van der Waals surface area contributed by atoms with Crippen LogP contribution in [-0.4, -0.2) is 40.2 Å². The van der Waals surface area contributed by atoms with Gasteiger partial charge in [-0.05, 0) is 24.8 Å². The van der Waals surface area contributed by atoms with Crippen molar-refractivity contribution in [1.29, 1.82) is 0 Å². The normalized spacial score (nSPS) is 18.2. The number of amides is 1. The molecule has 1 aliphatic rings. The summed E-state index contributed by atoms with van der Waals surface area (Å²) in [7, 11) is 0. The fraction of sp³-hybridized carbons (Fsp3) is 0.529. The van der Waals surface area contributed by atoms with Gasteiger partial charge in [-0.2, -0.15) is 11.8 Å². The number of thioether (sulfide) groups is 1. The maximum Gasteiger partial charge on any atom is 0.305 e. The zero-order valence-corrected chi connectivity index (χ0v) is 13.6. The van der Waals surface area contributed by atoms with Gasteiger partial charge in [0.05, 0.1) is 6.42 Å². The van der Waals surface area contributed by atoms with Crippen molar-refractivity contribution in [2.45, 2.75) is 43.9 Å². The van der Waals surface area contributed by atoms with Crippen LogP contribution in [0.2, 0.25) is 0 Å². The second-order valence-corrected chi connectivity index (χ2v) is 6.73. The highest BCUT2D eigenvalue weighted by Gasteiger charge is 2.27. The van der Waals surface area contributed by atoms with Crippen molar-refractivity contribution in [3.8, 4) is 0 Å². The summed E-state index contributed by atoms with van der Waals surface area (Å²) in [4.78, 5) is 25.0. The van der Waals surface area contributed by atoms with Gasteiger partial charge in [0, 0.05) is 30.5 Å². The first kappa shape index (κ1) is 16.9. The van der Waals surface area contributed by atoms with Gasteiger partial charge in [-0.3, -0.25) is 9.59 Å². The van der Waals surface area contributed by atoms with Crippen LogP contribution in [0.5, 0.6) is 0 Å². The molecule has 2 rings (SSSR count). The van der Waals surface area contributed by atoms with Crippen LogP contribution in [0.3, 0.4) is 0 Å². The van der Waals surface area contributed by atoms with Gasteiger partial charge in [0.15, 0.2) is 0 Å². The first-order chi connectivity index (χ1) is 10.7. The fourth-order valence-corrected chi connectivity index (χ4v) is 3.70. The van der Waals surface area contributed by atoms with Gasteiger partial charge >= 0.3 is 5.97 Å². The Morgan fingerprint density at radius 3 is 2.73 bits per heavy atom. The SMILES string of the molecule is O=C(O)C[C@H]1CCCCN1C(=O)CCSCc1ccccc1. The van der Waals surface area contributed by atoms with Crippen molar-refractivity contribution < 1.29 is 14.7 Å². The Labute approximate surface area is 135 Å². The molecule has 1 atom stereocenters. The van der Waals surface area contributed by atoms with Crippen molar-refractivity contribution in [3.63, 3.8) is 0 Å². The number of piperidine rings is 1. The largest absolute Gasteiger partial charge is 0.481 e. The van der Waals surface area contributed by atoms with E-state index in [1.54, 1.807) is 16.7 Å². The molecule has 4 nitrogen and oxygen atoms in total. The second-order valence-electron chi connectivity index (χ2n) is 5.62. The van der Waals surface area contributed by atoms with E-state index in [-0.39, 0.29) is 18.4 Å². The summed E-state index contributed by atoms with van der Waals surface area (Å²) in [6, 6.07) is 10.1. The number of carboxylic acid groups (broad SMARTS) is 1. The minimum atomic E-state index is -0.817. The molecule has 1 aliphatic heterocycles. The molecule has 5 heteroatoms. The van der Waals surface area contributed by atoms with Gasteiger partial charge in [-0.15, -0.1) is 0 Å². The number of benzene rings is 1. The maximum absolute atomic E-state index is 12.3. The highest BCUT2D eigenvalue weighted by atomic mass is 32.2. The van der Waals surface area contributed by atoms with E-state index in [0.717, 1.165) is 30.8 Å². The van der Waals surface area contributed by atoms with Gasteiger partial charge in [-0.1, -0.05) is 30.3 Å². The van der Waals surface area contributed by atoms with Gasteiger partial charge in [0.25, 0.3) is 0 Å². The molecule has 0 radical (unpaired) electrons. The third-order valence-corrected chi connectivity index (χ3v) is 4.96. The third-order valence-electron chi connectivity index (χ3n) is 3.93. The molecule has 0 bridgehead atoms. The molecular formula is C17H23NO3S. The predicted octanol–water partition coefficient (Wildman–Crippen LogP) is 3.17. The number of carboxylic acids is 1. The number of aliphatic carboxylic acids is 1. The second kappa shape index (κ2) is 8.83. The summed E-state index contributed by atoms with van der Waals surface area (Å²) in [6.07, 6.45) is 3.38. The van der Waals surface area contributed by atoms with Gasteiger partial charge in [0.1, 0.15) is 0 Å². The molecular weight excluding hydrogens is 298 g/mol. The van der Waals surface area contributed by atoms with Crippen LogP contribution in [0.25, 0.3) is 0 Å². The Bertz CT molecular complexity index is 492. The lowest BCUT2D eigenvalue weighted by atomic mass is 9.99. The molecule has 1 N–H and O–H groups in total. The Hall–Kier alpha value is -1.49. The number of carbonyl (C=O) groups excluding carboxylic acids is 1. The van der Waals surface area contributed by atoms with Crippen LogP contribution < -0.4 is 0 Å². The lowest BCUT2D eigenvalue weighted by Gasteiger charge is -2.35. The molecule has 1 aromatic carbocycles. The minimum absolute atomic E-state index is 0.0723. The van der Waals surface area contributed by atoms with E-state index < -0.39 is 5.97 Å². The first-order valence-corrected chi connectivity index (χ1v) is 8.95. The van der Waals surface area contributed by atoms with Crippen LogP contribution in [-0.2, 0) is 15.3 Å². The van der Waals surface area contributed by atoms with E-state index in [9.17, 15) is 9.59 Å². The zero-order chi connectivity index (χ0) is 15.8. The topological polar surface area (TPSA) is 57.6 Å². The molecule has 0 unspecified atom stereocenters. The zero-order valence-electron chi connectivity index (χ0n) is 12.7. The van der Waals surface area contributed by atoms with Gasteiger partial charge in [0.2, 0.25) is 5.91 Å². The van der Waals surface area contributed by atoms with E-state index in [2.05, 4.69) is 12.1 Å². The van der Waals surface area contributed by atoms with Gasteiger partial charge < -0.3 is 10.0 Å². The number of hydrogen-bond acceptors (Lipinski definition) is 3. The third kappa shape index (κ3) is 5.37. The van der Waals surface area contributed by atoms with E-state index in [4.69, 9.17) is 5.11 Å². The highest BCUT2D eigenvalue weighted by molar-refractivity contribution is 7.98. The number of hydrogen-bond donors (Lipinski definition) is 1. The van der Waals surface area contributed by atoms with Crippen molar-refractivity contribution in [2.24, 2.45) is 0 Å². The highest BCUT2D eigenvalue weighted by Crippen LogP contribution is 2.21. The lowest BCUT2D eigenvalue weighted by Crippen LogP contribution is -2.44. The smallest absolute Gasteiger partial charge is 0.305 e. The van der Waals surface area contributed by atoms with Crippen LogP contribution >= 0.6 is 11.8 Å². The Kier molecular flexibility index (Phi) is 6.77. The molecule has 0 aromatic heterocycles. The van der Waals surface area contributed by atoms with Crippen LogP contribution in [0, 0.1) is 0 Å². The fourth-order valence-electron chi connectivity index (χ4n) is 2.81. The van der Waals surface area contributed by atoms with E-state index in [0.29, 0.717) is 13.0 Å². The van der Waals surface area contributed by atoms with Crippen molar-refractivity contribution in [2.75, 3.05) is 12.3 Å². The van der Waals surface area contributed by atoms with Crippen molar-refractivity contribution in [3.05, 3.63) is 35.9 Å². The standard InChI is InChI=1S/C17H23NO3S/c19-16(9-11-22-13-14-6-2-1-3-7-14)18-10-5-4-8-15(18)12-17(20)21/h1-3,6-7,15H,4-5,8-13H2,(H,20,21)/t15-/m1/s1. The van der Waals surface area contributed by atoms with Crippen LogP contribution in [0.1, 0.15) is 37.7 Å². The van der Waals surface area contributed by atoms with E-state index >= 15 is 0 Å². The average Bonchev–Trinajstić information content (AvgIpc) is 2.52. The maximum atomic E-state index is 12.3. The number of nitrogens with zero attached hydrogens (tertiary/aromatic N) is 1. The molecule has 0 saturated carbocycles. The number of likely N-dealkylation sites (tertiary alicyclic amines) is 1. The Morgan fingerprint density at radius 1 is 1.23 bits per heavy atom. The summed E-state index contributed by atoms with van der Waals surface area (Å²) < 4.78 is 0. The first-order valence-electron chi connectivity index (χ1n) is 7.80. The minimum Gasteiger partial charge on any atom is -0.481 e. The predicted molar refractivity (Wildman–Crippen MR) is 88.8 cm³/mol. The van der Waals surface area contributed by atoms with Crippen molar-refractivity contribution >= 4 is 23.6 Å². The molecule has 120 valence electrons.